The van der Waals surface area contributed by atoms with Gasteiger partial charge in [-0.3, -0.25) is 4.18 Å². The van der Waals surface area contributed by atoms with E-state index in [1.165, 1.54) is 0 Å². The van der Waals surface area contributed by atoms with Gasteiger partial charge in [-0.1, -0.05) is 24.6 Å². The number of aryl methyl sites for hydroxylation is 1. The summed E-state index contributed by atoms with van der Waals surface area (Å²) < 4.78 is 35.3. The van der Waals surface area contributed by atoms with Crippen LogP contribution in [0.2, 0.25) is 0 Å². The first-order valence-electron chi connectivity index (χ1n) is 9.42. The van der Waals surface area contributed by atoms with E-state index >= 15 is 0 Å². The Morgan fingerprint density at radius 1 is 1.19 bits per heavy atom. The molecule has 1 aliphatic heterocycles. The monoisotopic (exact) mass is 397 g/mol. The second kappa shape index (κ2) is 8.61. The standard InChI is InChI=1S/C20H31NO5S/c1-15-6-8-18(9-7-15)27(23,24)25-14-16(2)17-10-12-21(13-11-17)19(22)26-20(3,4)5/h6-9,16-17H,10-14H2,1-5H3/t16-/m1/s1. The highest BCUT2D eigenvalue weighted by Crippen LogP contribution is 2.27. The largest absolute Gasteiger partial charge is 0.444 e. The molecule has 1 aliphatic rings. The molecule has 1 atom stereocenters. The molecule has 0 N–H and O–H groups in total. The smallest absolute Gasteiger partial charge is 0.410 e. The second-order valence-corrected chi connectivity index (χ2v) is 9.95. The van der Waals surface area contributed by atoms with Gasteiger partial charge in [-0.2, -0.15) is 8.42 Å². The third-order valence-corrected chi connectivity index (χ3v) is 6.09. The average Bonchev–Trinajstić information content (AvgIpc) is 2.59. The van der Waals surface area contributed by atoms with Crippen LogP contribution in [0.15, 0.2) is 29.2 Å². The maximum absolute atomic E-state index is 12.3. The molecule has 1 saturated heterocycles. The molecule has 1 aromatic carbocycles. The number of carbonyl (C=O) groups is 1. The van der Waals surface area contributed by atoms with E-state index in [0.29, 0.717) is 19.0 Å². The molecule has 1 fully saturated rings. The number of amides is 1. The lowest BCUT2D eigenvalue weighted by atomic mass is 9.86. The van der Waals surface area contributed by atoms with Gasteiger partial charge in [0.1, 0.15) is 5.60 Å². The van der Waals surface area contributed by atoms with E-state index in [1.54, 1.807) is 29.2 Å². The Morgan fingerprint density at radius 3 is 2.26 bits per heavy atom. The highest BCUT2D eigenvalue weighted by molar-refractivity contribution is 7.86. The van der Waals surface area contributed by atoms with E-state index in [4.69, 9.17) is 8.92 Å². The van der Waals surface area contributed by atoms with E-state index in [2.05, 4.69) is 0 Å². The summed E-state index contributed by atoms with van der Waals surface area (Å²) in [5.41, 5.74) is 0.499. The summed E-state index contributed by atoms with van der Waals surface area (Å²) in [5.74, 6) is 0.405. The molecule has 0 bridgehead atoms. The lowest BCUT2D eigenvalue weighted by Crippen LogP contribution is -2.43. The zero-order valence-corrected chi connectivity index (χ0v) is 17.7. The summed E-state index contributed by atoms with van der Waals surface area (Å²) in [6.45, 7) is 10.8. The quantitative estimate of drug-likeness (QED) is 0.703. The Labute approximate surface area is 163 Å². The van der Waals surface area contributed by atoms with E-state index in [0.717, 1.165) is 18.4 Å². The van der Waals surface area contributed by atoms with Crippen molar-refractivity contribution >= 4 is 16.2 Å². The van der Waals surface area contributed by atoms with Crippen molar-refractivity contribution in [1.82, 2.24) is 4.90 Å². The predicted octanol–water partition coefficient (Wildman–Crippen LogP) is 3.98. The predicted molar refractivity (Wildman–Crippen MR) is 104 cm³/mol. The van der Waals surface area contributed by atoms with Crippen molar-refractivity contribution in [2.45, 2.75) is 58.0 Å². The van der Waals surface area contributed by atoms with Crippen molar-refractivity contribution in [3.05, 3.63) is 29.8 Å². The molecule has 0 radical (unpaired) electrons. The number of rotatable bonds is 5. The van der Waals surface area contributed by atoms with Gasteiger partial charge in [0, 0.05) is 13.1 Å². The third kappa shape index (κ3) is 6.50. The van der Waals surface area contributed by atoms with E-state index in [1.807, 2.05) is 34.6 Å². The van der Waals surface area contributed by atoms with E-state index in [-0.39, 0.29) is 23.5 Å². The van der Waals surface area contributed by atoms with Crippen molar-refractivity contribution in [2.24, 2.45) is 11.8 Å². The summed E-state index contributed by atoms with van der Waals surface area (Å²) >= 11 is 0. The number of benzene rings is 1. The number of likely N-dealkylation sites (tertiary alicyclic amines) is 1. The summed E-state index contributed by atoms with van der Waals surface area (Å²) in [4.78, 5) is 14.0. The fraction of sp³-hybridized carbons (Fsp3) is 0.650. The van der Waals surface area contributed by atoms with Gasteiger partial charge in [-0.05, 0) is 64.5 Å². The van der Waals surface area contributed by atoms with Gasteiger partial charge in [0.15, 0.2) is 0 Å². The summed E-state index contributed by atoms with van der Waals surface area (Å²) in [5, 5.41) is 0. The number of hydrogen-bond acceptors (Lipinski definition) is 5. The molecule has 0 aliphatic carbocycles. The lowest BCUT2D eigenvalue weighted by Gasteiger charge is -2.35. The maximum atomic E-state index is 12.3. The topological polar surface area (TPSA) is 72.9 Å². The van der Waals surface area contributed by atoms with Crippen molar-refractivity contribution < 1.29 is 22.1 Å². The van der Waals surface area contributed by atoms with Crippen LogP contribution in [0.1, 0.15) is 46.1 Å². The van der Waals surface area contributed by atoms with Gasteiger partial charge in [0.2, 0.25) is 0 Å². The van der Waals surface area contributed by atoms with Crippen LogP contribution in [0, 0.1) is 18.8 Å². The Kier molecular flexibility index (Phi) is 6.92. The van der Waals surface area contributed by atoms with E-state index < -0.39 is 15.7 Å². The van der Waals surface area contributed by atoms with Gasteiger partial charge < -0.3 is 9.64 Å². The molecule has 27 heavy (non-hydrogen) atoms. The van der Waals surface area contributed by atoms with Crippen LogP contribution >= 0.6 is 0 Å². The second-order valence-electron chi connectivity index (χ2n) is 8.33. The molecule has 2 rings (SSSR count). The normalized spacial score (nSPS) is 17.6. The molecular formula is C20H31NO5S. The van der Waals surface area contributed by atoms with Crippen molar-refractivity contribution in [3.63, 3.8) is 0 Å². The van der Waals surface area contributed by atoms with Crippen LogP contribution in [0.5, 0.6) is 0 Å². The Morgan fingerprint density at radius 2 is 1.74 bits per heavy atom. The van der Waals surface area contributed by atoms with Gasteiger partial charge in [0.25, 0.3) is 10.1 Å². The molecular weight excluding hydrogens is 366 g/mol. The fourth-order valence-corrected chi connectivity index (χ4v) is 4.08. The van der Waals surface area contributed by atoms with Gasteiger partial charge >= 0.3 is 6.09 Å². The SMILES string of the molecule is Cc1ccc(S(=O)(=O)OC[C@@H](C)C2CCN(C(=O)OC(C)(C)C)CC2)cc1. The first-order valence-corrected chi connectivity index (χ1v) is 10.8. The van der Waals surface area contributed by atoms with Crippen molar-refractivity contribution in [3.8, 4) is 0 Å². The summed E-state index contributed by atoms with van der Waals surface area (Å²) in [7, 11) is -3.74. The van der Waals surface area contributed by atoms with Crippen LogP contribution in [0.25, 0.3) is 0 Å². The molecule has 0 aromatic heterocycles. The third-order valence-electron chi connectivity index (χ3n) is 4.79. The highest BCUT2D eigenvalue weighted by Gasteiger charge is 2.30. The lowest BCUT2D eigenvalue weighted by molar-refractivity contribution is 0.0152. The van der Waals surface area contributed by atoms with Crippen molar-refractivity contribution in [2.75, 3.05) is 19.7 Å². The first-order chi connectivity index (χ1) is 12.5. The maximum Gasteiger partial charge on any atom is 0.410 e. The first kappa shape index (κ1) is 21.7. The minimum Gasteiger partial charge on any atom is -0.444 e. The minimum absolute atomic E-state index is 0.0889. The number of hydrogen-bond donors (Lipinski definition) is 0. The van der Waals surface area contributed by atoms with Crippen LogP contribution in [0.4, 0.5) is 4.79 Å². The zero-order chi connectivity index (χ0) is 20.2. The highest BCUT2D eigenvalue weighted by atomic mass is 32.2. The van der Waals surface area contributed by atoms with Crippen LogP contribution < -0.4 is 0 Å². The van der Waals surface area contributed by atoms with Crippen LogP contribution in [-0.2, 0) is 19.0 Å². The summed E-state index contributed by atoms with van der Waals surface area (Å²) in [6.07, 6.45) is 1.34. The zero-order valence-electron chi connectivity index (χ0n) is 16.9. The molecule has 1 amide bonds. The van der Waals surface area contributed by atoms with Crippen molar-refractivity contribution in [1.29, 1.82) is 0 Å². The molecule has 0 unspecified atom stereocenters. The average molecular weight is 398 g/mol. The number of ether oxygens (including phenoxy) is 1. The van der Waals surface area contributed by atoms with Crippen LogP contribution in [-0.4, -0.2) is 44.7 Å². The van der Waals surface area contributed by atoms with Gasteiger partial charge in [-0.15, -0.1) is 0 Å². The molecule has 1 aromatic rings. The Bertz CT molecular complexity index is 729. The molecule has 0 spiro atoms. The minimum atomic E-state index is -3.74. The molecule has 7 heteroatoms. The molecule has 1 heterocycles. The fourth-order valence-electron chi connectivity index (χ4n) is 3.08. The summed E-state index contributed by atoms with van der Waals surface area (Å²) in [6, 6.07) is 6.64. The van der Waals surface area contributed by atoms with Gasteiger partial charge in [0.05, 0.1) is 11.5 Å². The Hall–Kier alpha value is -1.60. The number of piperidine rings is 1. The van der Waals surface area contributed by atoms with Crippen LogP contribution in [0.3, 0.4) is 0 Å². The van der Waals surface area contributed by atoms with Gasteiger partial charge in [-0.25, -0.2) is 4.79 Å². The Balaban J connectivity index is 1.83. The number of nitrogens with zero attached hydrogens (tertiary/aromatic N) is 1. The number of carbonyl (C=O) groups excluding carboxylic acids is 1. The van der Waals surface area contributed by atoms with E-state index in [9.17, 15) is 13.2 Å². The molecule has 6 nitrogen and oxygen atoms in total. The molecule has 0 saturated carbocycles. The molecule has 152 valence electrons.